The number of carboxylic acids is 1. The zero-order valence-corrected chi connectivity index (χ0v) is 7.75. The number of carboxylic acid groups (broad SMARTS) is 1. The maximum Gasteiger partial charge on any atom is 0.307 e. The van der Waals surface area contributed by atoms with Crippen LogP contribution >= 0.6 is 11.6 Å². The second-order valence-corrected chi connectivity index (χ2v) is 3.02. The highest BCUT2D eigenvalue weighted by Crippen LogP contribution is 2.28. The molecule has 1 aromatic carbocycles. The topological polar surface area (TPSA) is 81.3 Å². The number of nitrogens with zero attached hydrogens (tertiary/aromatic N) is 1. The minimum absolute atomic E-state index is 0.0922. The van der Waals surface area contributed by atoms with Crippen LogP contribution < -0.4 is 0 Å². The molecule has 1 aromatic rings. The SMILES string of the molecule is N#Cc1c(Cl)ccc(CC(=O)O)c1O. The lowest BCUT2D eigenvalue weighted by atomic mass is 10.1. The number of benzene rings is 1. The van der Waals surface area contributed by atoms with Crippen molar-refractivity contribution in [3.05, 3.63) is 28.3 Å². The van der Waals surface area contributed by atoms with Crippen molar-refractivity contribution in [3.8, 4) is 11.8 Å². The number of phenols is 1. The standard InChI is InChI=1S/C9H6ClNO3/c10-7-2-1-5(3-8(12)13)9(14)6(7)4-11/h1-2,14H,3H2,(H,12,13). The lowest BCUT2D eigenvalue weighted by molar-refractivity contribution is -0.136. The number of nitriles is 1. The molecule has 1 rings (SSSR count). The second-order valence-electron chi connectivity index (χ2n) is 2.61. The van der Waals surface area contributed by atoms with E-state index in [4.69, 9.17) is 22.0 Å². The molecule has 0 amide bonds. The molecule has 0 aliphatic heterocycles. The smallest absolute Gasteiger partial charge is 0.307 e. The van der Waals surface area contributed by atoms with Crippen molar-refractivity contribution in [1.82, 2.24) is 0 Å². The lowest BCUT2D eigenvalue weighted by Crippen LogP contribution is -2.01. The second kappa shape index (κ2) is 3.99. The molecule has 0 heterocycles. The molecule has 0 saturated heterocycles. The molecular formula is C9H6ClNO3. The summed E-state index contributed by atoms with van der Waals surface area (Å²) >= 11 is 5.61. The van der Waals surface area contributed by atoms with E-state index in [9.17, 15) is 9.90 Å². The van der Waals surface area contributed by atoms with Gasteiger partial charge in [0.25, 0.3) is 0 Å². The van der Waals surface area contributed by atoms with Crippen molar-refractivity contribution in [1.29, 1.82) is 5.26 Å². The number of hydrogen-bond acceptors (Lipinski definition) is 3. The molecule has 2 N–H and O–H groups in total. The van der Waals surface area contributed by atoms with E-state index in [-0.39, 0.29) is 28.3 Å². The molecule has 14 heavy (non-hydrogen) atoms. The summed E-state index contributed by atoms with van der Waals surface area (Å²) in [4.78, 5) is 10.4. The Morgan fingerprint density at radius 3 is 2.71 bits per heavy atom. The zero-order valence-electron chi connectivity index (χ0n) is 6.99. The summed E-state index contributed by atoms with van der Waals surface area (Å²) in [5.41, 5.74) is 0.0869. The van der Waals surface area contributed by atoms with Gasteiger partial charge in [-0.05, 0) is 6.07 Å². The summed E-state index contributed by atoms with van der Waals surface area (Å²) in [5.74, 6) is -1.44. The van der Waals surface area contributed by atoms with Gasteiger partial charge in [0.2, 0.25) is 0 Å². The van der Waals surface area contributed by atoms with Crippen LogP contribution in [0.4, 0.5) is 0 Å². The molecule has 0 bridgehead atoms. The summed E-state index contributed by atoms with van der Waals surface area (Å²) in [6.45, 7) is 0. The van der Waals surface area contributed by atoms with Gasteiger partial charge in [-0.3, -0.25) is 4.79 Å². The lowest BCUT2D eigenvalue weighted by Gasteiger charge is -2.04. The van der Waals surface area contributed by atoms with Crippen molar-refractivity contribution >= 4 is 17.6 Å². The van der Waals surface area contributed by atoms with Gasteiger partial charge in [-0.1, -0.05) is 17.7 Å². The number of carbonyl (C=O) groups is 1. The van der Waals surface area contributed by atoms with Gasteiger partial charge in [0.05, 0.1) is 11.4 Å². The molecule has 0 atom stereocenters. The summed E-state index contributed by atoms with van der Waals surface area (Å²) in [6, 6.07) is 4.47. The summed E-state index contributed by atoms with van der Waals surface area (Å²) < 4.78 is 0. The van der Waals surface area contributed by atoms with Gasteiger partial charge in [-0.25, -0.2) is 0 Å². The van der Waals surface area contributed by atoms with E-state index in [0.717, 1.165) is 0 Å². The van der Waals surface area contributed by atoms with Crippen molar-refractivity contribution in [3.63, 3.8) is 0 Å². The molecule has 0 unspecified atom stereocenters. The minimum atomic E-state index is -1.08. The minimum Gasteiger partial charge on any atom is -0.506 e. The third-order valence-electron chi connectivity index (χ3n) is 1.66. The predicted molar refractivity (Wildman–Crippen MR) is 49.2 cm³/mol. The van der Waals surface area contributed by atoms with E-state index < -0.39 is 5.97 Å². The van der Waals surface area contributed by atoms with Gasteiger partial charge in [-0.2, -0.15) is 5.26 Å². The Labute approximate surface area is 85.0 Å². The van der Waals surface area contributed by atoms with Crippen molar-refractivity contribution in [2.24, 2.45) is 0 Å². The fraction of sp³-hybridized carbons (Fsp3) is 0.111. The first-order valence-corrected chi connectivity index (χ1v) is 4.06. The van der Waals surface area contributed by atoms with Gasteiger partial charge < -0.3 is 10.2 Å². The van der Waals surface area contributed by atoms with Gasteiger partial charge >= 0.3 is 5.97 Å². The molecule has 0 aliphatic carbocycles. The maximum absolute atomic E-state index is 10.4. The Bertz CT molecular complexity index is 423. The Morgan fingerprint density at radius 1 is 1.57 bits per heavy atom. The van der Waals surface area contributed by atoms with Gasteiger partial charge in [0.1, 0.15) is 17.4 Å². The Balaban J connectivity index is 3.23. The third-order valence-corrected chi connectivity index (χ3v) is 1.98. The van der Waals surface area contributed by atoms with E-state index in [2.05, 4.69) is 0 Å². The van der Waals surface area contributed by atoms with Crippen LogP contribution in [0.1, 0.15) is 11.1 Å². The number of rotatable bonds is 2. The van der Waals surface area contributed by atoms with Crippen LogP contribution in [0.25, 0.3) is 0 Å². The van der Waals surface area contributed by atoms with E-state index in [0.29, 0.717) is 0 Å². The van der Waals surface area contributed by atoms with Crippen LogP contribution in [0.3, 0.4) is 0 Å². The summed E-state index contributed by atoms with van der Waals surface area (Å²) in [7, 11) is 0. The van der Waals surface area contributed by atoms with Crippen LogP contribution in [0.15, 0.2) is 12.1 Å². The Hall–Kier alpha value is -1.73. The van der Waals surface area contributed by atoms with Crippen molar-refractivity contribution < 1.29 is 15.0 Å². The van der Waals surface area contributed by atoms with E-state index in [1.54, 1.807) is 6.07 Å². The van der Waals surface area contributed by atoms with Crippen molar-refractivity contribution in [2.45, 2.75) is 6.42 Å². The van der Waals surface area contributed by atoms with Crippen LogP contribution in [0.2, 0.25) is 5.02 Å². The third kappa shape index (κ3) is 1.95. The molecule has 72 valence electrons. The van der Waals surface area contributed by atoms with Crippen LogP contribution in [0.5, 0.6) is 5.75 Å². The Morgan fingerprint density at radius 2 is 2.21 bits per heavy atom. The first kappa shape index (κ1) is 10.4. The average molecular weight is 212 g/mol. The van der Waals surface area contributed by atoms with E-state index >= 15 is 0 Å². The monoisotopic (exact) mass is 211 g/mol. The molecule has 4 nitrogen and oxygen atoms in total. The highest BCUT2D eigenvalue weighted by molar-refractivity contribution is 6.32. The average Bonchev–Trinajstić information content (AvgIpc) is 2.10. The van der Waals surface area contributed by atoms with E-state index in [1.807, 2.05) is 0 Å². The first-order valence-electron chi connectivity index (χ1n) is 3.68. The molecule has 0 spiro atoms. The summed E-state index contributed by atoms with van der Waals surface area (Å²) in [5, 5.41) is 26.7. The number of phenolic OH excluding ortho intramolecular Hbond substituents is 1. The van der Waals surface area contributed by atoms with Crippen LogP contribution in [-0.2, 0) is 11.2 Å². The quantitative estimate of drug-likeness (QED) is 0.778. The molecule has 0 radical (unpaired) electrons. The van der Waals surface area contributed by atoms with Crippen LogP contribution in [-0.4, -0.2) is 16.2 Å². The Kier molecular flexibility index (Phi) is 2.95. The number of aromatic hydroxyl groups is 1. The molecule has 0 aliphatic rings. The normalized spacial score (nSPS) is 9.43. The molecule has 0 aromatic heterocycles. The van der Waals surface area contributed by atoms with E-state index in [1.165, 1.54) is 12.1 Å². The molecule has 5 heteroatoms. The van der Waals surface area contributed by atoms with Gasteiger partial charge in [0, 0.05) is 5.56 Å². The number of hydrogen-bond donors (Lipinski definition) is 2. The number of aliphatic carboxylic acids is 1. The largest absolute Gasteiger partial charge is 0.506 e. The van der Waals surface area contributed by atoms with Crippen molar-refractivity contribution in [2.75, 3.05) is 0 Å². The number of halogens is 1. The highest BCUT2D eigenvalue weighted by atomic mass is 35.5. The molecule has 0 saturated carbocycles. The van der Waals surface area contributed by atoms with Gasteiger partial charge in [-0.15, -0.1) is 0 Å². The molecular weight excluding hydrogens is 206 g/mol. The molecule has 0 fully saturated rings. The highest BCUT2D eigenvalue weighted by Gasteiger charge is 2.12. The maximum atomic E-state index is 10.4. The zero-order chi connectivity index (χ0) is 10.7. The van der Waals surface area contributed by atoms with Gasteiger partial charge in [0.15, 0.2) is 0 Å². The fourth-order valence-electron chi connectivity index (χ4n) is 1.02. The summed E-state index contributed by atoms with van der Waals surface area (Å²) in [6.07, 6.45) is -0.336. The van der Waals surface area contributed by atoms with Crippen LogP contribution in [0, 0.1) is 11.3 Å². The fourth-order valence-corrected chi connectivity index (χ4v) is 1.22. The predicted octanol–water partition coefficient (Wildman–Crippen LogP) is 1.54. The first-order chi connectivity index (χ1) is 6.56.